The predicted molar refractivity (Wildman–Crippen MR) is 118 cm³/mol. The van der Waals surface area contributed by atoms with Crippen LogP contribution in [-0.4, -0.2) is 60.3 Å². The molecule has 1 aliphatic heterocycles. The van der Waals surface area contributed by atoms with Crippen molar-refractivity contribution in [1.29, 1.82) is 0 Å². The molecule has 1 saturated heterocycles. The first kappa shape index (κ1) is 20.8. The highest BCUT2D eigenvalue weighted by atomic mass is 79.9. The van der Waals surface area contributed by atoms with Gasteiger partial charge in [-0.05, 0) is 57.9 Å². The second kappa shape index (κ2) is 9.59. The van der Waals surface area contributed by atoms with Crippen molar-refractivity contribution in [3.8, 4) is 22.9 Å². The summed E-state index contributed by atoms with van der Waals surface area (Å²) in [4.78, 5) is 9.36. The fourth-order valence-electron chi connectivity index (χ4n) is 3.54. The quantitative estimate of drug-likeness (QED) is 0.517. The zero-order valence-electron chi connectivity index (χ0n) is 17.2. The Bertz CT molecular complexity index is 969. The molecule has 3 aromatic rings. The summed E-state index contributed by atoms with van der Waals surface area (Å²) in [5, 5.41) is 4.12. The van der Waals surface area contributed by atoms with Crippen molar-refractivity contribution in [3.05, 3.63) is 58.4 Å². The maximum Gasteiger partial charge on any atom is 0.241 e. The average molecular weight is 473 g/mol. The zero-order valence-corrected chi connectivity index (χ0v) is 18.8. The molecule has 0 N–H and O–H groups in total. The number of hydrogen-bond acceptors (Lipinski definition) is 7. The van der Waals surface area contributed by atoms with Crippen LogP contribution in [0.4, 0.5) is 0 Å². The molecule has 8 heteroatoms. The van der Waals surface area contributed by atoms with Gasteiger partial charge >= 0.3 is 0 Å². The molecule has 0 aliphatic carbocycles. The number of rotatable bonds is 7. The highest BCUT2D eigenvalue weighted by Gasteiger charge is 2.20. The standard InChI is InChI=1S/C22H25BrN4O3/c1-28-18-6-4-17(5-7-18)22-24-21(30-25-22)15-27-11-9-26(10-12-27)14-16-3-8-20(29-2)19(23)13-16/h3-8,13H,9-12,14-15H2,1-2H3. The van der Waals surface area contributed by atoms with Gasteiger partial charge < -0.3 is 14.0 Å². The van der Waals surface area contributed by atoms with Gasteiger partial charge in [0.05, 0.1) is 25.2 Å². The van der Waals surface area contributed by atoms with E-state index in [2.05, 4.69) is 48.0 Å². The number of piperazine rings is 1. The van der Waals surface area contributed by atoms with Crippen LogP contribution in [0.5, 0.6) is 11.5 Å². The van der Waals surface area contributed by atoms with Gasteiger partial charge in [-0.2, -0.15) is 4.98 Å². The van der Waals surface area contributed by atoms with Crippen LogP contribution in [0.15, 0.2) is 51.5 Å². The van der Waals surface area contributed by atoms with E-state index in [1.807, 2.05) is 30.3 Å². The first-order valence-corrected chi connectivity index (χ1v) is 10.7. The maximum atomic E-state index is 5.47. The summed E-state index contributed by atoms with van der Waals surface area (Å²) in [6.07, 6.45) is 0. The Morgan fingerprint density at radius 2 is 1.63 bits per heavy atom. The lowest BCUT2D eigenvalue weighted by molar-refractivity contribution is 0.112. The molecule has 4 rings (SSSR count). The summed E-state index contributed by atoms with van der Waals surface area (Å²) < 4.78 is 17.0. The summed E-state index contributed by atoms with van der Waals surface area (Å²) in [6, 6.07) is 13.9. The van der Waals surface area contributed by atoms with Gasteiger partial charge in [0.2, 0.25) is 11.7 Å². The molecule has 0 spiro atoms. The minimum absolute atomic E-state index is 0.608. The smallest absolute Gasteiger partial charge is 0.241 e. The molecule has 2 heterocycles. The van der Waals surface area contributed by atoms with Crippen molar-refractivity contribution in [2.45, 2.75) is 13.1 Å². The zero-order chi connectivity index (χ0) is 20.9. The molecule has 0 amide bonds. The summed E-state index contributed by atoms with van der Waals surface area (Å²) in [7, 11) is 3.33. The minimum Gasteiger partial charge on any atom is -0.497 e. The van der Waals surface area contributed by atoms with Crippen molar-refractivity contribution in [1.82, 2.24) is 19.9 Å². The van der Waals surface area contributed by atoms with Crippen LogP contribution < -0.4 is 9.47 Å². The van der Waals surface area contributed by atoms with E-state index < -0.39 is 0 Å². The summed E-state index contributed by atoms with van der Waals surface area (Å²) in [5.41, 5.74) is 2.19. The third-order valence-electron chi connectivity index (χ3n) is 5.26. The summed E-state index contributed by atoms with van der Waals surface area (Å²) in [6.45, 7) is 5.55. The number of benzene rings is 2. The second-order valence-corrected chi connectivity index (χ2v) is 8.12. The van der Waals surface area contributed by atoms with Crippen molar-refractivity contribution in [2.24, 2.45) is 0 Å². The molecule has 1 aliphatic rings. The Kier molecular flexibility index (Phi) is 6.66. The third kappa shape index (κ3) is 5.00. The van der Waals surface area contributed by atoms with Gasteiger partial charge in [-0.15, -0.1) is 0 Å². The van der Waals surface area contributed by atoms with Crippen LogP contribution >= 0.6 is 15.9 Å². The molecule has 30 heavy (non-hydrogen) atoms. The molecule has 0 bridgehead atoms. The number of ether oxygens (including phenoxy) is 2. The topological polar surface area (TPSA) is 63.9 Å². The molecule has 7 nitrogen and oxygen atoms in total. The van der Waals surface area contributed by atoms with Gasteiger partial charge in [0.25, 0.3) is 0 Å². The van der Waals surface area contributed by atoms with Crippen LogP contribution in [0.3, 0.4) is 0 Å². The minimum atomic E-state index is 0.608. The Labute approximate surface area is 184 Å². The Morgan fingerprint density at radius 3 is 2.27 bits per heavy atom. The number of methoxy groups -OCH3 is 2. The van der Waals surface area contributed by atoms with Gasteiger partial charge in [-0.25, -0.2) is 0 Å². The van der Waals surface area contributed by atoms with Crippen molar-refractivity contribution in [2.75, 3.05) is 40.4 Å². The number of nitrogens with zero attached hydrogens (tertiary/aromatic N) is 4. The average Bonchev–Trinajstić information content (AvgIpc) is 3.24. The fourth-order valence-corrected chi connectivity index (χ4v) is 4.13. The molecule has 0 unspecified atom stereocenters. The monoisotopic (exact) mass is 472 g/mol. The first-order valence-electron chi connectivity index (χ1n) is 9.89. The van der Waals surface area contributed by atoms with E-state index in [-0.39, 0.29) is 0 Å². The van der Waals surface area contributed by atoms with E-state index in [1.165, 1.54) is 5.56 Å². The lowest BCUT2D eigenvalue weighted by Gasteiger charge is -2.34. The number of hydrogen-bond donors (Lipinski definition) is 0. The van der Waals surface area contributed by atoms with Gasteiger partial charge in [-0.3, -0.25) is 9.80 Å². The van der Waals surface area contributed by atoms with E-state index in [0.717, 1.165) is 54.3 Å². The Morgan fingerprint density at radius 1 is 0.933 bits per heavy atom. The second-order valence-electron chi connectivity index (χ2n) is 7.26. The predicted octanol–water partition coefficient (Wildman–Crippen LogP) is 3.83. The molecular formula is C22H25BrN4O3. The van der Waals surface area contributed by atoms with Gasteiger partial charge in [0.1, 0.15) is 11.5 Å². The van der Waals surface area contributed by atoms with E-state index in [4.69, 9.17) is 14.0 Å². The van der Waals surface area contributed by atoms with E-state index in [1.54, 1.807) is 14.2 Å². The first-order chi connectivity index (χ1) is 14.6. The number of halogens is 1. The normalized spacial score (nSPS) is 15.3. The van der Waals surface area contributed by atoms with Crippen LogP contribution in [0.25, 0.3) is 11.4 Å². The summed E-state index contributed by atoms with van der Waals surface area (Å²) in [5.74, 6) is 2.92. The Hall–Kier alpha value is -2.42. The highest BCUT2D eigenvalue weighted by molar-refractivity contribution is 9.10. The van der Waals surface area contributed by atoms with E-state index in [0.29, 0.717) is 18.3 Å². The summed E-state index contributed by atoms with van der Waals surface area (Å²) >= 11 is 3.56. The maximum absolute atomic E-state index is 5.47. The SMILES string of the molecule is COc1ccc(-c2noc(CN3CCN(Cc4ccc(OC)c(Br)c4)CC3)n2)cc1. The molecule has 0 atom stereocenters. The van der Waals surface area contributed by atoms with E-state index >= 15 is 0 Å². The van der Waals surface area contributed by atoms with Crippen molar-refractivity contribution < 1.29 is 14.0 Å². The van der Waals surface area contributed by atoms with Crippen LogP contribution in [-0.2, 0) is 13.1 Å². The molecule has 2 aromatic carbocycles. The van der Waals surface area contributed by atoms with Gasteiger partial charge in [-0.1, -0.05) is 11.2 Å². The Balaban J connectivity index is 1.28. The highest BCUT2D eigenvalue weighted by Crippen LogP contribution is 2.26. The van der Waals surface area contributed by atoms with Crippen molar-refractivity contribution >= 4 is 15.9 Å². The largest absolute Gasteiger partial charge is 0.497 e. The number of aromatic nitrogens is 2. The van der Waals surface area contributed by atoms with Gasteiger partial charge in [0.15, 0.2) is 0 Å². The van der Waals surface area contributed by atoms with Crippen LogP contribution in [0.1, 0.15) is 11.5 Å². The van der Waals surface area contributed by atoms with Crippen molar-refractivity contribution in [3.63, 3.8) is 0 Å². The molecule has 0 radical (unpaired) electrons. The molecule has 1 aromatic heterocycles. The third-order valence-corrected chi connectivity index (χ3v) is 5.88. The molecule has 0 saturated carbocycles. The van der Waals surface area contributed by atoms with Gasteiger partial charge in [0, 0.05) is 38.3 Å². The van der Waals surface area contributed by atoms with Crippen LogP contribution in [0.2, 0.25) is 0 Å². The fraction of sp³-hybridized carbons (Fsp3) is 0.364. The molecular weight excluding hydrogens is 448 g/mol. The lowest BCUT2D eigenvalue weighted by atomic mass is 10.2. The van der Waals surface area contributed by atoms with Crippen LogP contribution in [0, 0.1) is 0 Å². The molecule has 1 fully saturated rings. The van der Waals surface area contributed by atoms with E-state index in [9.17, 15) is 0 Å². The molecule has 158 valence electrons. The lowest BCUT2D eigenvalue weighted by Crippen LogP contribution is -2.45.